The molecule has 0 unspecified atom stereocenters. The highest BCUT2D eigenvalue weighted by atomic mass is 19.1. The van der Waals surface area contributed by atoms with Gasteiger partial charge in [-0.05, 0) is 37.6 Å². The fraction of sp³-hybridized carbons (Fsp3) is 0.200. The molecule has 3 rings (SSSR count). The number of phenols is 1. The van der Waals surface area contributed by atoms with Crippen LogP contribution in [0.3, 0.4) is 0 Å². The van der Waals surface area contributed by atoms with Crippen LogP contribution in [0.1, 0.15) is 34.5 Å². The zero-order valence-corrected chi connectivity index (χ0v) is 15.3. The number of amides is 1. The molecular formula is C20H17F3N2O3. The molecule has 1 amide bonds. The largest absolute Gasteiger partial charge is 0.503 e. The van der Waals surface area contributed by atoms with Crippen molar-refractivity contribution in [3.8, 4) is 5.75 Å². The predicted molar refractivity (Wildman–Crippen MR) is 96.9 cm³/mol. The third kappa shape index (κ3) is 2.90. The van der Waals surface area contributed by atoms with Crippen LogP contribution in [0.25, 0.3) is 10.9 Å². The summed E-state index contributed by atoms with van der Waals surface area (Å²) in [5, 5.41) is 11.9. The van der Waals surface area contributed by atoms with Gasteiger partial charge in [0.1, 0.15) is 5.82 Å². The molecule has 1 aromatic heterocycles. The van der Waals surface area contributed by atoms with Crippen LogP contribution in [0.5, 0.6) is 5.75 Å². The predicted octanol–water partition coefficient (Wildman–Crippen LogP) is 3.61. The lowest BCUT2D eigenvalue weighted by Gasteiger charge is -2.12. The average molecular weight is 390 g/mol. The normalized spacial score (nSPS) is 12.2. The number of nitrogens with one attached hydrogen (secondary N) is 1. The summed E-state index contributed by atoms with van der Waals surface area (Å²) >= 11 is 0. The number of halogens is 3. The van der Waals surface area contributed by atoms with E-state index in [1.807, 2.05) is 0 Å². The molecule has 0 bridgehead atoms. The molecule has 5 nitrogen and oxygen atoms in total. The quantitative estimate of drug-likeness (QED) is 0.718. The molecule has 0 aliphatic rings. The molecule has 0 aliphatic heterocycles. The molecule has 146 valence electrons. The van der Waals surface area contributed by atoms with Crippen LogP contribution in [-0.4, -0.2) is 28.5 Å². The summed E-state index contributed by atoms with van der Waals surface area (Å²) in [5.74, 6) is -6.44. The highest BCUT2D eigenvalue weighted by molar-refractivity contribution is 6.05. The number of aromatic hydroxyl groups is 1. The second-order valence-corrected chi connectivity index (χ2v) is 6.40. The van der Waals surface area contributed by atoms with Gasteiger partial charge in [0.25, 0.3) is 5.91 Å². The van der Waals surface area contributed by atoms with Crippen molar-refractivity contribution in [3.05, 3.63) is 64.6 Å². The van der Waals surface area contributed by atoms with Crippen molar-refractivity contribution in [2.45, 2.75) is 19.8 Å². The average Bonchev–Trinajstić information content (AvgIpc) is 2.96. The first kappa shape index (κ1) is 19.5. The molecule has 0 saturated carbocycles. The van der Waals surface area contributed by atoms with E-state index in [0.717, 1.165) is 22.8 Å². The van der Waals surface area contributed by atoms with E-state index in [0.29, 0.717) is 0 Å². The lowest BCUT2D eigenvalue weighted by atomic mass is 9.96. The maximum Gasteiger partial charge on any atom is 0.262 e. The van der Waals surface area contributed by atoms with E-state index < -0.39 is 40.9 Å². The number of phenolic OH excluding ortho intramolecular Hbond substituents is 1. The maximum atomic E-state index is 14.8. The Morgan fingerprint density at radius 2 is 1.86 bits per heavy atom. The van der Waals surface area contributed by atoms with Gasteiger partial charge in [0.15, 0.2) is 17.4 Å². The summed E-state index contributed by atoms with van der Waals surface area (Å²) in [6, 6.07) is 5.69. The van der Waals surface area contributed by atoms with Gasteiger partial charge >= 0.3 is 0 Å². The smallest absolute Gasteiger partial charge is 0.262 e. The zero-order valence-electron chi connectivity index (χ0n) is 15.3. The summed E-state index contributed by atoms with van der Waals surface area (Å²) in [6.45, 7) is 2.97. The van der Waals surface area contributed by atoms with E-state index in [9.17, 15) is 27.9 Å². The van der Waals surface area contributed by atoms with Crippen molar-refractivity contribution < 1.29 is 27.9 Å². The van der Waals surface area contributed by atoms with E-state index in [-0.39, 0.29) is 27.7 Å². The number of fused-ring (bicyclic) bond motifs is 1. The molecule has 0 fully saturated rings. The number of aromatic nitrogens is 1. The molecule has 2 aromatic carbocycles. The van der Waals surface area contributed by atoms with Crippen molar-refractivity contribution in [1.29, 1.82) is 0 Å². The van der Waals surface area contributed by atoms with Gasteiger partial charge in [-0.15, -0.1) is 0 Å². The van der Waals surface area contributed by atoms with Crippen molar-refractivity contribution >= 4 is 22.7 Å². The highest BCUT2D eigenvalue weighted by Gasteiger charge is 2.30. The molecule has 1 heterocycles. The molecular weight excluding hydrogens is 373 g/mol. The first-order valence-electron chi connectivity index (χ1n) is 8.42. The second-order valence-electron chi connectivity index (χ2n) is 6.40. The first-order chi connectivity index (χ1) is 13.2. The summed E-state index contributed by atoms with van der Waals surface area (Å²) in [5.41, 5.74) is 0.120. The van der Waals surface area contributed by atoms with Crippen LogP contribution in [0.15, 0.2) is 30.3 Å². The van der Waals surface area contributed by atoms with Crippen LogP contribution in [0.2, 0.25) is 0 Å². The Kier molecular flexibility index (Phi) is 4.89. The standard InChI is InChI=1S/C20H17F3N2O3/c1-9(19(27)24-3)15-10(2)25(20(28)11-5-4-6-12(21)7-11)14-8-13(22)18(26)17(23)16(14)15/h4-9,26H,1-3H3,(H,24,27)/t9-/m1/s1. The number of hydrogen-bond donors (Lipinski definition) is 2. The molecule has 28 heavy (non-hydrogen) atoms. The fourth-order valence-electron chi connectivity index (χ4n) is 3.40. The number of nitrogens with zero attached hydrogens (tertiary/aromatic N) is 1. The van der Waals surface area contributed by atoms with Gasteiger partial charge in [-0.25, -0.2) is 13.2 Å². The minimum Gasteiger partial charge on any atom is -0.503 e. The lowest BCUT2D eigenvalue weighted by Crippen LogP contribution is -2.24. The summed E-state index contributed by atoms with van der Waals surface area (Å²) < 4.78 is 43.4. The molecule has 0 aliphatic carbocycles. The Bertz CT molecular complexity index is 1120. The fourth-order valence-corrected chi connectivity index (χ4v) is 3.40. The number of likely N-dealkylation sites (N-methyl/N-ethyl adjacent to an activating group) is 1. The SMILES string of the molecule is CNC(=O)[C@H](C)c1c(C)n(C(=O)c2cccc(F)c2)c2cc(F)c(O)c(F)c12. The Hall–Kier alpha value is -3.29. The Morgan fingerprint density at radius 1 is 1.18 bits per heavy atom. The number of carbonyl (C=O) groups is 2. The monoisotopic (exact) mass is 390 g/mol. The molecule has 0 radical (unpaired) electrons. The molecule has 0 spiro atoms. The van der Waals surface area contributed by atoms with Crippen molar-refractivity contribution in [2.75, 3.05) is 7.05 Å². The summed E-state index contributed by atoms with van der Waals surface area (Å²) in [6.07, 6.45) is 0. The first-order valence-corrected chi connectivity index (χ1v) is 8.42. The number of carbonyl (C=O) groups excluding carboxylic acids is 2. The third-order valence-corrected chi connectivity index (χ3v) is 4.76. The van der Waals surface area contributed by atoms with E-state index in [1.165, 1.54) is 33.0 Å². The van der Waals surface area contributed by atoms with Crippen LogP contribution in [-0.2, 0) is 4.79 Å². The summed E-state index contributed by atoms with van der Waals surface area (Å²) in [4.78, 5) is 25.2. The van der Waals surface area contributed by atoms with Crippen LogP contribution < -0.4 is 5.32 Å². The third-order valence-electron chi connectivity index (χ3n) is 4.76. The van der Waals surface area contributed by atoms with Crippen molar-refractivity contribution in [1.82, 2.24) is 9.88 Å². The van der Waals surface area contributed by atoms with Gasteiger partial charge < -0.3 is 10.4 Å². The van der Waals surface area contributed by atoms with E-state index in [1.54, 1.807) is 0 Å². The van der Waals surface area contributed by atoms with Gasteiger partial charge in [-0.2, -0.15) is 0 Å². The van der Waals surface area contributed by atoms with E-state index in [4.69, 9.17) is 0 Å². The van der Waals surface area contributed by atoms with E-state index in [2.05, 4.69) is 5.32 Å². The van der Waals surface area contributed by atoms with E-state index >= 15 is 0 Å². The molecule has 3 aromatic rings. The van der Waals surface area contributed by atoms with Crippen molar-refractivity contribution in [2.24, 2.45) is 0 Å². The number of rotatable bonds is 3. The van der Waals surface area contributed by atoms with Crippen molar-refractivity contribution in [3.63, 3.8) is 0 Å². The van der Waals surface area contributed by atoms with Crippen LogP contribution in [0.4, 0.5) is 13.2 Å². The van der Waals surface area contributed by atoms with Gasteiger partial charge in [-0.3, -0.25) is 14.2 Å². The topological polar surface area (TPSA) is 71.3 Å². The van der Waals surface area contributed by atoms with Gasteiger partial charge in [0.05, 0.1) is 11.4 Å². The molecule has 2 N–H and O–H groups in total. The molecule has 8 heteroatoms. The molecule has 1 atom stereocenters. The zero-order chi connectivity index (χ0) is 20.7. The number of hydrogen-bond acceptors (Lipinski definition) is 3. The van der Waals surface area contributed by atoms with Gasteiger partial charge in [0.2, 0.25) is 5.91 Å². The Morgan fingerprint density at radius 3 is 2.46 bits per heavy atom. The van der Waals surface area contributed by atoms with Gasteiger partial charge in [0, 0.05) is 29.8 Å². The summed E-state index contributed by atoms with van der Waals surface area (Å²) in [7, 11) is 1.40. The lowest BCUT2D eigenvalue weighted by molar-refractivity contribution is -0.121. The second kappa shape index (κ2) is 7.03. The molecule has 0 saturated heterocycles. The minimum atomic E-state index is -1.27. The van der Waals surface area contributed by atoms with Crippen LogP contribution >= 0.6 is 0 Å². The number of benzene rings is 2. The highest BCUT2D eigenvalue weighted by Crippen LogP contribution is 2.38. The van der Waals surface area contributed by atoms with Gasteiger partial charge in [-0.1, -0.05) is 6.07 Å². The minimum absolute atomic E-state index is 0.0342. The van der Waals surface area contributed by atoms with Crippen LogP contribution in [0, 0.1) is 24.4 Å². The Labute approximate surface area is 158 Å². The maximum absolute atomic E-state index is 14.8. The Balaban J connectivity index is 2.39.